The number of nitrogen functional groups attached to an aromatic ring is 1. The number of nitrogens with one attached hydrogen (secondary N) is 1. The van der Waals surface area contributed by atoms with Crippen molar-refractivity contribution >= 4 is 44.8 Å². The summed E-state index contributed by atoms with van der Waals surface area (Å²) in [4.78, 5) is 15.1. The number of nitrogens with zero attached hydrogens (tertiary/aromatic N) is 1. The van der Waals surface area contributed by atoms with Gasteiger partial charge in [-0.05, 0) is 48.1 Å². The van der Waals surface area contributed by atoms with Crippen molar-refractivity contribution in [2.75, 3.05) is 12.3 Å². The van der Waals surface area contributed by atoms with Crippen molar-refractivity contribution in [1.29, 1.82) is 0 Å². The summed E-state index contributed by atoms with van der Waals surface area (Å²) in [5.74, 6) is -0.262. The highest BCUT2D eigenvalue weighted by molar-refractivity contribution is 7.89. The second kappa shape index (κ2) is 10.4. The molecule has 0 radical (unpaired) electrons. The number of amides is 1. The molecule has 0 aromatic heterocycles. The standard InChI is InChI=1S/C25H25Cl2N3O3S/c26-21-14-20(15-22(27)24(21)28)34(32,33)29-23(11-10-17-6-2-1-3-7-17)25(31)30-13-12-18-8-4-5-9-19(18)16-30/h1-9,14-15,23,29H,10-13,16,28H2. The Hall–Kier alpha value is -2.58. The predicted molar refractivity (Wildman–Crippen MR) is 135 cm³/mol. The molecule has 3 N–H and O–H groups in total. The first-order valence-corrected chi connectivity index (χ1v) is 13.1. The first-order valence-electron chi connectivity index (χ1n) is 10.9. The van der Waals surface area contributed by atoms with Crippen LogP contribution in [0.3, 0.4) is 0 Å². The van der Waals surface area contributed by atoms with E-state index in [9.17, 15) is 13.2 Å². The molecule has 0 saturated heterocycles. The zero-order valence-corrected chi connectivity index (χ0v) is 20.7. The van der Waals surface area contributed by atoms with Gasteiger partial charge in [0.25, 0.3) is 0 Å². The fourth-order valence-electron chi connectivity index (χ4n) is 4.06. The largest absolute Gasteiger partial charge is 0.396 e. The molecular formula is C25H25Cl2N3O3S. The topological polar surface area (TPSA) is 92.5 Å². The van der Waals surface area contributed by atoms with Crippen molar-refractivity contribution < 1.29 is 13.2 Å². The van der Waals surface area contributed by atoms with Gasteiger partial charge in [0.15, 0.2) is 0 Å². The number of halogens is 2. The Bertz CT molecular complexity index is 1280. The highest BCUT2D eigenvalue weighted by atomic mass is 35.5. The molecule has 178 valence electrons. The highest BCUT2D eigenvalue weighted by Crippen LogP contribution is 2.31. The van der Waals surface area contributed by atoms with Gasteiger partial charge >= 0.3 is 0 Å². The predicted octanol–water partition coefficient (Wildman–Crippen LogP) is 4.44. The monoisotopic (exact) mass is 517 g/mol. The van der Waals surface area contributed by atoms with Crippen LogP contribution < -0.4 is 10.5 Å². The number of nitrogens with two attached hydrogens (primary N) is 1. The minimum Gasteiger partial charge on any atom is -0.396 e. The number of aryl methyl sites for hydroxylation is 1. The third-order valence-corrected chi connectivity index (χ3v) is 8.04. The van der Waals surface area contributed by atoms with Gasteiger partial charge in [0, 0.05) is 13.1 Å². The first-order chi connectivity index (χ1) is 16.2. The summed E-state index contributed by atoms with van der Waals surface area (Å²) in [5.41, 5.74) is 9.15. The van der Waals surface area contributed by atoms with Crippen LogP contribution in [-0.4, -0.2) is 31.8 Å². The number of hydrogen-bond acceptors (Lipinski definition) is 4. The molecule has 6 nitrogen and oxygen atoms in total. The Morgan fingerprint density at radius 2 is 1.62 bits per heavy atom. The molecule has 34 heavy (non-hydrogen) atoms. The third-order valence-electron chi connectivity index (χ3n) is 5.97. The summed E-state index contributed by atoms with van der Waals surface area (Å²) < 4.78 is 29.0. The van der Waals surface area contributed by atoms with E-state index in [2.05, 4.69) is 10.8 Å². The van der Waals surface area contributed by atoms with Crippen molar-refractivity contribution in [3.63, 3.8) is 0 Å². The molecule has 0 fully saturated rings. The van der Waals surface area contributed by atoms with Gasteiger partial charge in [-0.1, -0.05) is 77.8 Å². The molecule has 1 aliphatic rings. The number of rotatable bonds is 7. The Morgan fingerprint density at radius 1 is 1.00 bits per heavy atom. The SMILES string of the molecule is Nc1c(Cl)cc(S(=O)(=O)NC(CCc2ccccc2)C(=O)N2CCc3ccccc3C2)cc1Cl. The zero-order valence-electron chi connectivity index (χ0n) is 18.4. The Morgan fingerprint density at radius 3 is 2.29 bits per heavy atom. The van der Waals surface area contributed by atoms with Gasteiger partial charge in [-0.3, -0.25) is 4.79 Å². The van der Waals surface area contributed by atoms with E-state index in [0.29, 0.717) is 25.9 Å². The van der Waals surface area contributed by atoms with Crippen LogP contribution in [0, 0.1) is 0 Å². The van der Waals surface area contributed by atoms with Crippen molar-refractivity contribution in [1.82, 2.24) is 9.62 Å². The van der Waals surface area contributed by atoms with E-state index in [1.165, 1.54) is 17.7 Å². The van der Waals surface area contributed by atoms with E-state index in [1.54, 1.807) is 4.90 Å². The minimum atomic E-state index is -4.09. The Kier molecular flexibility index (Phi) is 7.48. The third kappa shape index (κ3) is 5.55. The van der Waals surface area contributed by atoms with Crippen LogP contribution in [0.5, 0.6) is 0 Å². The van der Waals surface area contributed by atoms with Crippen LogP contribution in [0.15, 0.2) is 71.6 Å². The Balaban J connectivity index is 1.59. The van der Waals surface area contributed by atoms with E-state index < -0.39 is 16.1 Å². The van der Waals surface area contributed by atoms with Gasteiger partial charge in [-0.25, -0.2) is 8.42 Å². The molecule has 0 aliphatic carbocycles. The molecule has 0 saturated carbocycles. The van der Waals surface area contributed by atoms with Gasteiger partial charge in [0.1, 0.15) is 6.04 Å². The van der Waals surface area contributed by atoms with E-state index in [0.717, 1.165) is 17.5 Å². The number of carbonyl (C=O) groups excluding carboxylic acids is 1. The van der Waals surface area contributed by atoms with Gasteiger partial charge in [0.2, 0.25) is 15.9 Å². The molecule has 0 bridgehead atoms. The summed E-state index contributed by atoms with van der Waals surface area (Å²) >= 11 is 12.1. The molecule has 4 rings (SSSR count). The number of anilines is 1. The van der Waals surface area contributed by atoms with E-state index >= 15 is 0 Å². The maximum absolute atomic E-state index is 13.6. The molecule has 1 amide bonds. The summed E-state index contributed by atoms with van der Waals surface area (Å²) in [6, 6.07) is 19.1. The summed E-state index contributed by atoms with van der Waals surface area (Å²) in [6.07, 6.45) is 1.56. The molecule has 1 heterocycles. The first kappa shape index (κ1) is 24.5. The molecule has 3 aromatic rings. The van der Waals surface area contributed by atoms with Gasteiger partial charge < -0.3 is 10.6 Å². The fourth-order valence-corrected chi connectivity index (χ4v) is 5.96. The number of carbonyl (C=O) groups is 1. The lowest BCUT2D eigenvalue weighted by atomic mass is 9.98. The number of benzene rings is 3. The van der Waals surface area contributed by atoms with Crippen LogP contribution in [0.25, 0.3) is 0 Å². The molecule has 9 heteroatoms. The quantitative estimate of drug-likeness (QED) is 0.453. The van der Waals surface area contributed by atoms with Crippen molar-refractivity contribution in [3.8, 4) is 0 Å². The smallest absolute Gasteiger partial charge is 0.241 e. The maximum Gasteiger partial charge on any atom is 0.241 e. The van der Waals surface area contributed by atoms with Crippen LogP contribution >= 0.6 is 23.2 Å². The average Bonchev–Trinajstić information content (AvgIpc) is 2.84. The van der Waals surface area contributed by atoms with E-state index in [-0.39, 0.29) is 26.5 Å². The average molecular weight is 518 g/mol. The normalized spacial score (nSPS) is 14.5. The van der Waals surface area contributed by atoms with Crippen LogP contribution in [0.1, 0.15) is 23.1 Å². The lowest BCUT2D eigenvalue weighted by molar-refractivity contribution is -0.134. The second-order valence-electron chi connectivity index (χ2n) is 8.28. The molecule has 0 spiro atoms. The van der Waals surface area contributed by atoms with Crippen LogP contribution in [0.4, 0.5) is 5.69 Å². The second-order valence-corrected chi connectivity index (χ2v) is 10.8. The number of hydrogen-bond donors (Lipinski definition) is 2. The number of fused-ring (bicyclic) bond motifs is 1. The van der Waals surface area contributed by atoms with E-state index in [4.69, 9.17) is 28.9 Å². The summed E-state index contributed by atoms with van der Waals surface area (Å²) in [6.45, 7) is 0.969. The van der Waals surface area contributed by atoms with Gasteiger partial charge in [-0.2, -0.15) is 4.72 Å². The van der Waals surface area contributed by atoms with Crippen molar-refractivity contribution in [2.45, 2.75) is 36.7 Å². The minimum absolute atomic E-state index is 0.0349. The fraction of sp³-hybridized carbons (Fsp3) is 0.240. The van der Waals surface area contributed by atoms with Crippen molar-refractivity contribution in [2.24, 2.45) is 0 Å². The molecular weight excluding hydrogens is 493 g/mol. The number of sulfonamides is 1. The van der Waals surface area contributed by atoms with Crippen molar-refractivity contribution in [3.05, 3.63) is 93.5 Å². The lowest BCUT2D eigenvalue weighted by Gasteiger charge is -2.32. The van der Waals surface area contributed by atoms with E-state index in [1.807, 2.05) is 48.5 Å². The Labute approximate surface area is 209 Å². The molecule has 1 aliphatic heterocycles. The van der Waals surface area contributed by atoms with Gasteiger partial charge in [0.05, 0.1) is 20.6 Å². The van der Waals surface area contributed by atoms with Gasteiger partial charge in [-0.15, -0.1) is 0 Å². The molecule has 1 atom stereocenters. The molecule has 3 aromatic carbocycles. The summed E-state index contributed by atoms with van der Waals surface area (Å²) in [7, 11) is -4.09. The highest BCUT2D eigenvalue weighted by Gasteiger charge is 2.31. The van der Waals surface area contributed by atoms with Crippen LogP contribution in [0.2, 0.25) is 10.0 Å². The summed E-state index contributed by atoms with van der Waals surface area (Å²) in [5, 5.41) is 0.0698. The zero-order chi connectivity index (χ0) is 24.3. The lowest BCUT2D eigenvalue weighted by Crippen LogP contribution is -2.50. The maximum atomic E-state index is 13.6. The molecule has 1 unspecified atom stereocenters. The van der Waals surface area contributed by atoms with Crippen LogP contribution in [-0.2, 0) is 34.2 Å².